The van der Waals surface area contributed by atoms with E-state index < -0.39 is 30.4 Å². The third-order valence-electron chi connectivity index (χ3n) is 2.78. The van der Waals surface area contributed by atoms with E-state index in [0.717, 1.165) is 19.3 Å². The van der Waals surface area contributed by atoms with E-state index in [1.54, 1.807) is 6.08 Å². The number of ether oxygens (including phenoxy) is 2. The minimum Gasteiger partial charge on any atom is -0.454 e. The van der Waals surface area contributed by atoms with E-state index in [1.807, 2.05) is 6.08 Å². The van der Waals surface area contributed by atoms with Gasteiger partial charge >= 0.3 is 5.97 Å². The van der Waals surface area contributed by atoms with Gasteiger partial charge in [0.2, 0.25) is 0 Å². The number of esters is 1. The maximum absolute atomic E-state index is 11.3. The molecule has 5 nitrogen and oxygen atoms in total. The van der Waals surface area contributed by atoms with Gasteiger partial charge in [-0.3, -0.25) is 0 Å². The number of unbranched alkanes of at least 4 members (excludes halogenated alkanes) is 2. The Labute approximate surface area is 101 Å². The number of aliphatic hydroxyl groups is 2. The summed E-state index contributed by atoms with van der Waals surface area (Å²) in [4.78, 5) is 11.3. The summed E-state index contributed by atoms with van der Waals surface area (Å²) in [5, 5.41) is 19.5. The molecule has 0 aromatic rings. The summed E-state index contributed by atoms with van der Waals surface area (Å²) >= 11 is 0. The number of carbonyl (C=O) groups is 1. The van der Waals surface area contributed by atoms with Crippen LogP contribution in [0.1, 0.15) is 26.2 Å². The van der Waals surface area contributed by atoms with Gasteiger partial charge < -0.3 is 19.7 Å². The molecule has 0 unspecified atom stereocenters. The van der Waals surface area contributed by atoms with E-state index in [-0.39, 0.29) is 0 Å². The van der Waals surface area contributed by atoms with Crippen LogP contribution in [0.25, 0.3) is 0 Å². The molecular weight excluding hydrogens is 224 g/mol. The first-order valence-corrected chi connectivity index (χ1v) is 5.87. The SMILES string of the molecule is CCCC/C=C/[C@@H](O)[C@@H]1OC(=O)[C@H](OC)[C@@H]1O. The monoisotopic (exact) mass is 244 g/mol. The molecule has 0 radical (unpaired) electrons. The number of carbonyl (C=O) groups excluding carboxylic acids is 1. The van der Waals surface area contributed by atoms with Crippen molar-refractivity contribution in [2.45, 2.75) is 50.6 Å². The highest BCUT2D eigenvalue weighted by Crippen LogP contribution is 2.21. The lowest BCUT2D eigenvalue weighted by atomic mass is 10.1. The van der Waals surface area contributed by atoms with Crippen molar-refractivity contribution in [2.75, 3.05) is 7.11 Å². The molecule has 0 bridgehead atoms. The van der Waals surface area contributed by atoms with Crippen molar-refractivity contribution in [1.82, 2.24) is 0 Å². The van der Waals surface area contributed by atoms with Gasteiger partial charge in [0.1, 0.15) is 12.2 Å². The maximum atomic E-state index is 11.3. The molecule has 1 heterocycles. The van der Waals surface area contributed by atoms with Crippen molar-refractivity contribution in [1.29, 1.82) is 0 Å². The normalized spacial score (nSPS) is 30.8. The molecule has 0 saturated carbocycles. The van der Waals surface area contributed by atoms with Gasteiger partial charge in [0.05, 0.1) is 0 Å². The standard InChI is InChI=1S/C12H20O5/c1-3-4-5-6-7-8(13)10-9(14)11(16-2)12(15)17-10/h6-11,13-14H,3-5H2,1-2H3/b7-6+/t8-,9-,10+,11-/m1/s1. The average Bonchev–Trinajstić information content (AvgIpc) is 2.60. The largest absolute Gasteiger partial charge is 0.454 e. The van der Waals surface area contributed by atoms with Crippen LogP contribution in [-0.2, 0) is 14.3 Å². The fourth-order valence-electron chi connectivity index (χ4n) is 1.76. The molecular formula is C12H20O5. The molecule has 1 rings (SSSR count). The van der Waals surface area contributed by atoms with E-state index in [0.29, 0.717) is 0 Å². The maximum Gasteiger partial charge on any atom is 0.338 e. The molecule has 5 heteroatoms. The number of hydrogen-bond donors (Lipinski definition) is 2. The minimum absolute atomic E-state index is 0.633. The number of aliphatic hydroxyl groups excluding tert-OH is 2. The van der Waals surface area contributed by atoms with Crippen LogP contribution in [0.3, 0.4) is 0 Å². The van der Waals surface area contributed by atoms with Crippen molar-refractivity contribution in [3.8, 4) is 0 Å². The highest BCUT2D eigenvalue weighted by Gasteiger charge is 2.46. The van der Waals surface area contributed by atoms with Gasteiger partial charge in [-0.1, -0.05) is 31.9 Å². The molecule has 0 amide bonds. The molecule has 98 valence electrons. The summed E-state index contributed by atoms with van der Waals surface area (Å²) < 4.78 is 9.68. The van der Waals surface area contributed by atoms with Gasteiger partial charge in [-0.15, -0.1) is 0 Å². The van der Waals surface area contributed by atoms with Gasteiger partial charge in [-0.2, -0.15) is 0 Å². The van der Waals surface area contributed by atoms with Crippen LogP contribution in [-0.4, -0.2) is 47.7 Å². The number of allylic oxidation sites excluding steroid dienone is 1. The predicted octanol–water partition coefficient (Wildman–Crippen LogP) is 0.395. The zero-order valence-electron chi connectivity index (χ0n) is 10.2. The van der Waals surface area contributed by atoms with Crippen LogP contribution >= 0.6 is 0 Å². The van der Waals surface area contributed by atoms with E-state index in [4.69, 9.17) is 9.47 Å². The molecule has 1 saturated heterocycles. The quantitative estimate of drug-likeness (QED) is 0.402. The first-order valence-electron chi connectivity index (χ1n) is 5.87. The molecule has 0 aromatic carbocycles. The van der Waals surface area contributed by atoms with Crippen LogP contribution in [0, 0.1) is 0 Å². The number of hydrogen-bond acceptors (Lipinski definition) is 5. The third-order valence-corrected chi connectivity index (χ3v) is 2.78. The van der Waals surface area contributed by atoms with Crippen LogP contribution in [0.5, 0.6) is 0 Å². The van der Waals surface area contributed by atoms with E-state index >= 15 is 0 Å². The van der Waals surface area contributed by atoms with E-state index in [1.165, 1.54) is 7.11 Å². The fraction of sp³-hybridized carbons (Fsp3) is 0.750. The third kappa shape index (κ3) is 3.52. The van der Waals surface area contributed by atoms with Crippen LogP contribution < -0.4 is 0 Å². The van der Waals surface area contributed by atoms with Gasteiger partial charge in [0.15, 0.2) is 12.2 Å². The molecule has 0 aromatic heterocycles. The van der Waals surface area contributed by atoms with Gasteiger partial charge in [0, 0.05) is 7.11 Å². The second-order valence-electron chi connectivity index (χ2n) is 4.11. The highest BCUT2D eigenvalue weighted by atomic mass is 16.6. The molecule has 0 spiro atoms. The Morgan fingerprint density at radius 2 is 2.29 bits per heavy atom. The molecule has 4 atom stereocenters. The number of cyclic esters (lactones) is 1. The second-order valence-corrected chi connectivity index (χ2v) is 4.11. The lowest BCUT2D eigenvalue weighted by Gasteiger charge is -2.17. The van der Waals surface area contributed by atoms with Crippen molar-refractivity contribution in [3.05, 3.63) is 12.2 Å². The second kappa shape index (κ2) is 6.74. The van der Waals surface area contributed by atoms with Crippen molar-refractivity contribution < 1.29 is 24.5 Å². The number of rotatable bonds is 6. The Kier molecular flexibility index (Phi) is 5.61. The summed E-state index contributed by atoms with van der Waals surface area (Å²) in [5.41, 5.74) is 0. The summed E-state index contributed by atoms with van der Waals surface area (Å²) in [6, 6.07) is 0. The van der Waals surface area contributed by atoms with Crippen molar-refractivity contribution in [3.63, 3.8) is 0 Å². The number of methoxy groups -OCH3 is 1. The average molecular weight is 244 g/mol. The highest BCUT2D eigenvalue weighted by molar-refractivity contribution is 5.78. The Balaban J connectivity index is 2.50. The molecule has 17 heavy (non-hydrogen) atoms. The topological polar surface area (TPSA) is 76.0 Å². The summed E-state index contributed by atoms with van der Waals surface area (Å²) in [7, 11) is 1.32. The summed E-state index contributed by atoms with van der Waals surface area (Å²) in [6.07, 6.45) is 2.29. The predicted molar refractivity (Wildman–Crippen MR) is 61.4 cm³/mol. The summed E-state index contributed by atoms with van der Waals surface area (Å²) in [5.74, 6) is -0.633. The van der Waals surface area contributed by atoms with Gasteiger partial charge in [-0.25, -0.2) is 4.79 Å². The first kappa shape index (κ1) is 14.2. The van der Waals surface area contributed by atoms with Crippen LogP contribution in [0.4, 0.5) is 0 Å². The van der Waals surface area contributed by atoms with Crippen molar-refractivity contribution >= 4 is 5.97 Å². The lowest BCUT2D eigenvalue weighted by molar-refractivity contribution is -0.150. The Hall–Kier alpha value is -0.910. The van der Waals surface area contributed by atoms with Gasteiger partial charge in [0.25, 0.3) is 0 Å². The Morgan fingerprint density at radius 3 is 2.82 bits per heavy atom. The lowest BCUT2D eigenvalue weighted by Crippen LogP contribution is -2.38. The van der Waals surface area contributed by atoms with Crippen LogP contribution in [0.15, 0.2) is 12.2 Å². The Bertz CT molecular complexity index is 276. The molecule has 1 fully saturated rings. The zero-order chi connectivity index (χ0) is 12.8. The van der Waals surface area contributed by atoms with E-state index in [9.17, 15) is 15.0 Å². The van der Waals surface area contributed by atoms with E-state index in [2.05, 4.69) is 6.92 Å². The smallest absolute Gasteiger partial charge is 0.338 e. The first-order chi connectivity index (χ1) is 8.11. The summed E-state index contributed by atoms with van der Waals surface area (Å²) in [6.45, 7) is 2.08. The van der Waals surface area contributed by atoms with Crippen LogP contribution in [0.2, 0.25) is 0 Å². The van der Waals surface area contributed by atoms with Crippen molar-refractivity contribution in [2.24, 2.45) is 0 Å². The molecule has 0 aliphatic carbocycles. The van der Waals surface area contributed by atoms with Gasteiger partial charge in [-0.05, 0) is 6.42 Å². The molecule has 1 aliphatic heterocycles. The molecule has 2 N–H and O–H groups in total. The zero-order valence-corrected chi connectivity index (χ0v) is 10.2. The Morgan fingerprint density at radius 1 is 1.59 bits per heavy atom. The minimum atomic E-state index is -1.13. The fourth-order valence-corrected chi connectivity index (χ4v) is 1.76. The molecule has 1 aliphatic rings.